The number of hydrogen-bond donors (Lipinski definition) is 20. The third kappa shape index (κ3) is 23.6. The molecule has 756 valence electrons. The van der Waals surface area contributed by atoms with Gasteiger partial charge in [-0.25, -0.2) is 0 Å². The zero-order valence-electron chi connectivity index (χ0n) is 83.5. The molecule has 0 fully saturated rings. The van der Waals surface area contributed by atoms with Gasteiger partial charge in [-0.15, -0.1) is 253 Å². The van der Waals surface area contributed by atoms with Crippen LogP contribution in [0.25, 0.3) is 0 Å². The van der Waals surface area contributed by atoms with E-state index in [1.807, 2.05) is 72.8 Å². The molecular weight excluding hydrogens is 2200 g/mol. The summed E-state index contributed by atoms with van der Waals surface area (Å²) in [5.74, 6) is 0. The van der Waals surface area contributed by atoms with E-state index in [0.717, 1.165) is 154 Å². The topological polar surface area (TPSA) is 0 Å². The summed E-state index contributed by atoms with van der Waals surface area (Å²) in [7, 11) is 0. The molecule has 150 heavy (non-hydrogen) atoms. The van der Waals surface area contributed by atoms with Gasteiger partial charge < -0.3 is 0 Å². The normalized spacial score (nSPS) is 12.0. The lowest BCUT2D eigenvalue weighted by Crippen LogP contribution is -2.47. The Kier molecular flexibility index (Phi) is 37.4. The molecule has 0 aliphatic heterocycles. The first-order chi connectivity index (χ1) is 71.6. The van der Waals surface area contributed by atoms with Gasteiger partial charge in [0, 0.05) is 141 Å². The van der Waals surface area contributed by atoms with Gasteiger partial charge in [0.2, 0.25) is 0 Å². The highest BCUT2D eigenvalue weighted by molar-refractivity contribution is 7.84. The van der Waals surface area contributed by atoms with Crippen LogP contribution in [0, 0.1) is 0 Å². The van der Waals surface area contributed by atoms with Gasteiger partial charge in [-0.05, 0) is 334 Å². The van der Waals surface area contributed by atoms with Crippen LogP contribution in [0.3, 0.4) is 0 Å². The Morgan fingerprint density at radius 2 is 0.220 bits per heavy atom. The van der Waals surface area contributed by atoms with Crippen LogP contribution >= 0.6 is 253 Å². The molecule has 19 aromatic rings. The van der Waals surface area contributed by atoms with Crippen LogP contribution in [-0.2, 0) is 43.3 Å². The predicted octanol–water partition coefficient (Wildman–Crippen LogP) is 38.0. The summed E-state index contributed by atoms with van der Waals surface area (Å²) in [6, 6.07) is 152. The summed E-state index contributed by atoms with van der Waals surface area (Å²) in [6.45, 7) is 18.2. The van der Waals surface area contributed by atoms with Crippen molar-refractivity contribution >= 4 is 253 Å². The molecule has 0 bridgehead atoms. The van der Waals surface area contributed by atoms with Gasteiger partial charge in [-0.3, -0.25) is 0 Å². The van der Waals surface area contributed by atoms with Crippen molar-refractivity contribution in [1.82, 2.24) is 0 Å². The molecule has 19 rings (SSSR count). The molecular formula is C130H116S20. The van der Waals surface area contributed by atoms with E-state index in [1.165, 1.54) is 66.8 Å². The number of hydrogen-bond acceptors (Lipinski definition) is 20. The predicted molar refractivity (Wildman–Crippen MR) is 694 cm³/mol. The maximum atomic E-state index is 4.90. The summed E-state index contributed by atoms with van der Waals surface area (Å²) in [6.07, 6.45) is 0. The van der Waals surface area contributed by atoms with Crippen LogP contribution in [0.2, 0.25) is 0 Å². The van der Waals surface area contributed by atoms with Gasteiger partial charge in [0.15, 0.2) is 0 Å². The fraction of sp³-hybridized carbons (Fsp3) is 0.123. The average molecular weight is 2320 g/mol. The first kappa shape index (κ1) is 115. The first-order valence-corrected chi connectivity index (χ1v) is 57.5. The van der Waals surface area contributed by atoms with Gasteiger partial charge >= 0.3 is 0 Å². The molecule has 0 spiro atoms. The Morgan fingerprint density at radius 1 is 0.107 bits per heavy atom. The SMILES string of the molecule is CC(c1ccc(C(C)(c2ccc(S)cc2S)c2ccc(S)cc2S)cc1)(c1ccc(S)cc1S)c1ccc(S)cc1S.CC(c1ccc(C(C)(c2ccccc2S)c2ccccc2S)cc1)(c1ccccc1S)c1ccccc1S.CC(c1ccc(S)cc1)(c1ccc(S)cc1)C(C)(c1ccc(S)cc1)c1ccc(S)cc1.CC(c1ccc(S)cc1)(c1ccc(S)cc1)c1ccc(C(C)(c2ccc(S)cc2)c2ccc(S)cc2)cc1. The highest BCUT2D eigenvalue weighted by atomic mass is 32.1. The fourth-order valence-electron chi connectivity index (χ4n) is 21.4. The zero-order chi connectivity index (χ0) is 107. The van der Waals surface area contributed by atoms with Crippen LogP contribution in [-0.4, -0.2) is 0 Å². The second-order valence-corrected chi connectivity index (χ2v) is 49.0. The molecule has 0 heterocycles. The second-order valence-electron chi connectivity index (χ2n) is 39.0. The Bertz CT molecular complexity index is 7130. The monoisotopic (exact) mass is 2320 g/mol. The van der Waals surface area contributed by atoms with Crippen molar-refractivity contribution in [3.05, 3.63) is 559 Å². The van der Waals surface area contributed by atoms with E-state index in [9.17, 15) is 0 Å². The van der Waals surface area contributed by atoms with E-state index in [1.54, 1.807) is 0 Å². The summed E-state index contributed by atoms with van der Waals surface area (Å²) >= 11 is 93.5. The Morgan fingerprint density at radius 3 is 0.360 bits per heavy atom. The van der Waals surface area contributed by atoms with Crippen LogP contribution in [0.5, 0.6) is 0 Å². The molecule has 0 radical (unpaired) electrons. The van der Waals surface area contributed by atoms with Crippen LogP contribution in [0.4, 0.5) is 0 Å². The lowest BCUT2D eigenvalue weighted by molar-refractivity contribution is 0.359. The summed E-state index contributed by atoms with van der Waals surface area (Å²) in [4.78, 5) is 18.3. The van der Waals surface area contributed by atoms with E-state index < -0.39 is 32.5 Å². The van der Waals surface area contributed by atoms with Crippen molar-refractivity contribution in [2.75, 3.05) is 0 Å². The Hall–Kier alpha value is -7.82. The largest absolute Gasteiger partial charge is 0.143 e. The second kappa shape index (κ2) is 48.9. The number of thiol groups is 20. The molecule has 0 unspecified atom stereocenters. The van der Waals surface area contributed by atoms with Crippen molar-refractivity contribution in [2.45, 2.75) is 197 Å². The quantitative estimate of drug-likeness (QED) is 0.0218. The van der Waals surface area contributed by atoms with Crippen LogP contribution < -0.4 is 0 Å². The number of rotatable bonds is 23. The average Bonchev–Trinajstić information content (AvgIpc) is 0.709. The Balaban J connectivity index is 0.000000143. The highest BCUT2D eigenvalue weighted by Crippen LogP contribution is 2.57. The summed E-state index contributed by atoms with van der Waals surface area (Å²) < 4.78 is 0. The molecule has 0 nitrogen and oxygen atoms in total. The molecule has 0 atom stereocenters. The third-order valence-corrected chi connectivity index (χ3v) is 37.1. The lowest BCUT2D eigenvalue weighted by atomic mass is 9.53. The third-order valence-electron chi connectivity index (χ3n) is 30.5. The minimum Gasteiger partial charge on any atom is -0.143 e. The molecule has 20 heteroatoms. The smallest absolute Gasteiger partial charge is 0.0445 e. The van der Waals surface area contributed by atoms with Crippen molar-refractivity contribution in [2.24, 2.45) is 0 Å². The minimum absolute atomic E-state index is 0.348. The van der Waals surface area contributed by atoms with E-state index in [4.69, 9.17) is 101 Å². The van der Waals surface area contributed by atoms with Crippen LogP contribution in [0.1, 0.15) is 178 Å². The standard InChI is InChI=1S/C34H30S8.2C34H30S4.C28H26S4/c1-33(25-11-7-21(35)15-29(25)39,26-12-8-22(36)16-30(26)40)19-3-5-20(6-4-19)34(2,27-13-9-23(37)17-31(27)41)28-14-10-24(38)18-32(28)42;1-33(25-11-3-7-15-29(25)35,26-12-4-8-16-30(26)36)23-19-21-24(22-20-23)34(2,27-13-5-9-17-31(27)37)28-14-6-10-18-32(28)38;1-33(25-7-15-29(35)16-8-25,26-9-17-30(36)18-10-26)23-3-5-24(6-4-23)34(2,27-11-19-31(37)20-12-27)28-13-21-32(38)22-14-28;1-27(19-3-11-23(29)12-4-19,20-5-13-24(30)14-6-20)28(2,21-7-15-25(31)16-8-21)22-9-17-26(32)18-10-22/h3-18,35-42H,1-2H3;2*3-22,35-38H,1-2H3;3-18,29-32H,1-2H3. The molecule has 0 aromatic heterocycles. The molecule has 0 aliphatic rings. The maximum Gasteiger partial charge on any atom is 0.0445 e. The van der Waals surface area contributed by atoms with Crippen molar-refractivity contribution < 1.29 is 0 Å². The molecule has 0 saturated heterocycles. The molecule has 0 saturated carbocycles. The van der Waals surface area contributed by atoms with E-state index >= 15 is 0 Å². The van der Waals surface area contributed by atoms with Gasteiger partial charge in [0.1, 0.15) is 0 Å². The zero-order valence-corrected chi connectivity index (χ0v) is 101. The summed E-state index contributed by atoms with van der Waals surface area (Å²) in [5.41, 5.74) is 22.0. The summed E-state index contributed by atoms with van der Waals surface area (Å²) in [5, 5.41) is 0. The minimum atomic E-state index is -0.559. The van der Waals surface area contributed by atoms with E-state index in [-0.39, 0.29) is 10.8 Å². The van der Waals surface area contributed by atoms with E-state index in [2.05, 4.69) is 571 Å². The molecule has 0 N–H and O–H groups in total. The van der Waals surface area contributed by atoms with Crippen LogP contribution in [0.15, 0.2) is 535 Å². The Labute approximate surface area is 996 Å². The number of benzene rings is 19. The highest BCUT2D eigenvalue weighted by Gasteiger charge is 2.50. The molecule has 0 amide bonds. The van der Waals surface area contributed by atoms with Crippen molar-refractivity contribution in [1.29, 1.82) is 0 Å². The van der Waals surface area contributed by atoms with Crippen molar-refractivity contribution in [3.63, 3.8) is 0 Å². The van der Waals surface area contributed by atoms with Gasteiger partial charge in [-0.2, -0.15) is 0 Å². The lowest BCUT2D eigenvalue weighted by Gasteiger charge is -2.49. The fourth-order valence-corrected chi connectivity index (χ4v) is 27.1. The van der Waals surface area contributed by atoms with Gasteiger partial charge in [-0.1, -0.05) is 281 Å². The molecule has 0 aliphatic carbocycles. The van der Waals surface area contributed by atoms with Gasteiger partial charge in [0.25, 0.3) is 0 Å². The van der Waals surface area contributed by atoms with Crippen molar-refractivity contribution in [3.8, 4) is 0 Å². The maximum absolute atomic E-state index is 4.90. The first-order valence-electron chi connectivity index (χ1n) is 48.5. The van der Waals surface area contributed by atoms with E-state index in [0.29, 0.717) is 0 Å². The molecule has 19 aromatic carbocycles. The van der Waals surface area contributed by atoms with Gasteiger partial charge in [0.05, 0.1) is 0 Å².